The number of ether oxygens (including phenoxy) is 1. The van der Waals surface area contributed by atoms with Crippen molar-refractivity contribution in [1.29, 1.82) is 0 Å². The second-order valence-corrected chi connectivity index (χ2v) is 6.43. The summed E-state index contributed by atoms with van der Waals surface area (Å²) in [5, 5.41) is 2.15. The molecule has 0 radical (unpaired) electrons. The first kappa shape index (κ1) is 15.5. The SMILES string of the molecule is O=Cc1ccccc1Pc1ccccc1OCc1ccccc1. The third-order valence-corrected chi connectivity index (χ3v) is 4.89. The molecule has 0 fully saturated rings. The van der Waals surface area contributed by atoms with Crippen molar-refractivity contribution in [3.05, 3.63) is 90.0 Å². The van der Waals surface area contributed by atoms with Crippen LogP contribution in [-0.4, -0.2) is 6.29 Å². The first-order valence-corrected chi connectivity index (χ1v) is 8.44. The lowest BCUT2D eigenvalue weighted by atomic mass is 10.2. The molecule has 0 aromatic heterocycles. The number of para-hydroxylation sites is 1. The Balaban J connectivity index is 1.79. The summed E-state index contributed by atoms with van der Waals surface area (Å²) < 4.78 is 5.99. The average Bonchev–Trinajstić information content (AvgIpc) is 2.62. The molecule has 3 heteroatoms. The summed E-state index contributed by atoms with van der Waals surface area (Å²) in [5.41, 5.74) is 1.88. The molecule has 0 heterocycles. The molecular formula is C20H17O2P. The molecule has 0 aliphatic carbocycles. The van der Waals surface area contributed by atoms with E-state index in [1.54, 1.807) is 0 Å². The number of rotatable bonds is 6. The summed E-state index contributed by atoms with van der Waals surface area (Å²) in [6.45, 7) is 0.539. The zero-order chi connectivity index (χ0) is 15.9. The van der Waals surface area contributed by atoms with Crippen LogP contribution in [0.1, 0.15) is 15.9 Å². The van der Waals surface area contributed by atoms with Crippen molar-refractivity contribution < 1.29 is 9.53 Å². The Labute approximate surface area is 137 Å². The molecule has 2 nitrogen and oxygen atoms in total. The standard InChI is InChI=1S/C20H17O2P/c21-14-17-10-4-6-12-19(17)23-20-13-7-5-11-18(20)22-15-16-8-2-1-3-9-16/h1-14,23H,15H2. The molecule has 0 aliphatic rings. The smallest absolute Gasteiger partial charge is 0.150 e. The summed E-state index contributed by atoms with van der Waals surface area (Å²) >= 11 is 0. The predicted molar refractivity (Wildman–Crippen MR) is 96.6 cm³/mol. The molecule has 0 aliphatic heterocycles. The van der Waals surface area contributed by atoms with Gasteiger partial charge in [-0.25, -0.2) is 0 Å². The van der Waals surface area contributed by atoms with Crippen LogP contribution in [0.3, 0.4) is 0 Å². The average molecular weight is 320 g/mol. The highest BCUT2D eigenvalue weighted by Gasteiger charge is 2.07. The molecule has 0 N–H and O–H groups in total. The maximum absolute atomic E-state index is 11.2. The van der Waals surface area contributed by atoms with Crippen LogP contribution >= 0.6 is 8.58 Å². The van der Waals surface area contributed by atoms with Crippen LogP contribution in [0.15, 0.2) is 78.9 Å². The second kappa shape index (κ2) is 7.71. The second-order valence-electron chi connectivity index (χ2n) is 5.10. The highest BCUT2D eigenvalue weighted by Crippen LogP contribution is 2.21. The van der Waals surface area contributed by atoms with Crippen LogP contribution in [0, 0.1) is 0 Å². The van der Waals surface area contributed by atoms with E-state index in [1.807, 2.05) is 72.8 Å². The van der Waals surface area contributed by atoms with E-state index in [4.69, 9.17) is 4.74 Å². The molecule has 1 atom stereocenters. The van der Waals surface area contributed by atoms with Crippen molar-refractivity contribution in [2.45, 2.75) is 6.61 Å². The van der Waals surface area contributed by atoms with E-state index in [-0.39, 0.29) is 0 Å². The van der Waals surface area contributed by atoms with Crippen molar-refractivity contribution in [3.8, 4) is 5.75 Å². The van der Waals surface area contributed by atoms with Crippen LogP contribution in [-0.2, 0) is 6.61 Å². The molecule has 3 aromatic carbocycles. The summed E-state index contributed by atoms with van der Waals surface area (Å²) in [6, 6.07) is 25.8. The van der Waals surface area contributed by atoms with Gasteiger partial charge in [0.2, 0.25) is 0 Å². The van der Waals surface area contributed by atoms with E-state index in [0.29, 0.717) is 15.2 Å². The molecule has 0 saturated heterocycles. The number of hydrogen-bond donors (Lipinski definition) is 0. The lowest BCUT2D eigenvalue weighted by Crippen LogP contribution is -2.11. The van der Waals surface area contributed by atoms with Gasteiger partial charge in [0, 0.05) is 10.9 Å². The molecule has 0 spiro atoms. The van der Waals surface area contributed by atoms with Gasteiger partial charge in [-0.3, -0.25) is 4.79 Å². The largest absolute Gasteiger partial charge is 0.488 e. The minimum absolute atomic E-state index is 0.392. The first-order valence-electron chi connectivity index (χ1n) is 7.44. The van der Waals surface area contributed by atoms with Gasteiger partial charge < -0.3 is 4.74 Å². The fraction of sp³-hybridized carbons (Fsp3) is 0.0500. The minimum Gasteiger partial charge on any atom is -0.488 e. The minimum atomic E-state index is 0.392. The van der Waals surface area contributed by atoms with Crippen molar-refractivity contribution >= 4 is 25.5 Å². The Hall–Kier alpha value is -2.44. The molecule has 0 amide bonds. The van der Waals surface area contributed by atoms with Gasteiger partial charge in [-0.1, -0.05) is 81.4 Å². The van der Waals surface area contributed by atoms with Crippen molar-refractivity contribution in [1.82, 2.24) is 0 Å². The Kier molecular flexibility index (Phi) is 5.18. The van der Waals surface area contributed by atoms with E-state index >= 15 is 0 Å². The summed E-state index contributed by atoms with van der Waals surface area (Å²) in [5.74, 6) is 0.871. The van der Waals surface area contributed by atoms with Crippen LogP contribution in [0.2, 0.25) is 0 Å². The van der Waals surface area contributed by atoms with Gasteiger partial charge in [0.1, 0.15) is 12.4 Å². The Morgan fingerprint density at radius 2 is 1.43 bits per heavy atom. The van der Waals surface area contributed by atoms with Crippen molar-refractivity contribution in [2.75, 3.05) is 0 Å². The highest BCUT2D eigenvalue weighted by molar-refractivity contribution is 7.56. The van der Waals surface area contributed by atoms with Gasteiger partial charge in [0.05, 0.1) is 0 Å². The first-order chi connectivity index (χ1) is 11.4. The summed E-state index contributed by atoms with van der Waals surface area (Å²) in [6.07, 6.45) is 0.912. The molecule has 0 saturated carbocycles. The number of carbonyl (C=O) groups excluding carboxylic acids is 1. The van der Waals surface area contributed by atoms with Gasteiger partial charge >= 0.3 is 0 Å². The molecule has 1 unspecified atom stereocenters. The molecule has 0 bridgehead atoms. The monoisotopic (exact) mass is 320 g/mol. The van der Waals surface area contributed by atoms with Crippen LogP contribution in [0.4, 0.5) is 0 Å². The molecule has 3 aromatic rings. The predicted octanol–water partition coefficient (Wildman–Crippen LogP) is 3.71. The van der Waals surface area contributed by atoms with Gasteiger partial charge in [-0.2, -0.15) is 0 Å². The normalized spacial score (nSPS) is 10.8. The highest BCUT2D eigenvalue weighted by atomic mass is 31.1. The fourth-order valence-corrected chi connectivity index (χ4v) is 3.50. The van der Waals surface area contributed by atoms with E-state index in [1.165, 1.54) is 0 Å². The van der Waals surface area contributed by atoms with Crippen LogP contribution < -0.4 is 15.3 Å². The number of hydrogen-bond acceptors (Lipinski definition) is 2. The fourth-order valence-electron chi connectivity index (χ4n) is 2.29. The third kappa shape index (κ3) is 4.06. The van der Waals surface area contributed by atoms with Crippen LogP contribution in [0.5, 0.6) is 5.75 Å². The van der Waals surface area contributed by atoms with Crippen LogP contribution in [0.25, 0.3) is 0 Å². The number of carbonyl (C=O) groups is 1. The Morgan fingerprint density at radius 1 is 0.783 bits per heavy atom. The number of aldehydes is 1. The maximum Gasteiger partial charge on any atom is 0.150 e. The Bertz CT molecular complexity index is 784. The Morgan fingerprint density at radius 3 is 2.22 bits per heavy atom. The van der Waals surface area contributed by atoms with E-state index in [0.717, 1.165) is 33.8 Å². The van der Waals surface area contributed by atoms with Gasteiger partial charge in [-0.05, 0) is 16.9 Å². The van der Waals surface area contributed by atoms with Gasteiger partial charge in [-0.15, -0.1) is 0 Å². The van der Waals surface area contributed by atoms with Gasteiger partial charge in [0.25, 0.3) is 0 Å². The zero-order valence-corrected chi connectivity index (χ0v) is 13.6. The quantitative estimate of drug-likeness (QED) is 0.511. The van der Waals surface area contributed by atoms with E-state index in [9.17, 15) is 4.79 Å². The lowest BCUT2D eigenvalue weighted by Gasteiger charge is -2.12. The molecule has 114 valence electrons. The van der Waals surface area contributed by atoms with Gasteiger partial charge in [0.15, 0.2) is 6.29 Å². The molecule has 23 heavy (non-hydrogen) atoms. The van der Waals surface area contributed by atoms with Crippen molar-refractivity contribution in [2.24, 2.45) is 0 Å². The van der Waals surface area contributed by atoms with Crippen molar-refractivity contribution in [3.63, 3.8) is 0 Å². The summed E-state index contributed by atoms with van der Waals surface area (Å²) in [4.78, 5) is 11.2. The topological polar surface area (TPSA) is 26.3 Å². The molecule has 3 rings (SSSR count). The summed E-state index contributed by atoms with van der Waals surface area (Å²) in [7, 11) is 0.392. The lowest BCUT2D eigenvalue weighted by molar-refractivity contribution is 0.112. The molecular weight excluding hydrogens is 303 g/mol. The zero-order valence-electron chi connectivity index (χ0n) is 12.6. The maximum atomic E-state index is 11.2. The third-order valence-electron chi connectivity index (χ3n) is 3.48. The van der Waals surface area contributed by atoms with E-state index in [2.05, 4.69) is 6.07 Å². The van der Waals surface area contributed by atoms with E-state index < -0.39 is 0 Å². The number of benzene rings is 3.